The van der Waals surface area contributed by atoms with Crippen molar-refractivity contribution in [2.75, 3.05) is 41.3 Å². The Morgan fingerprint density at radius 2 is 2.08 bits per heavy atom. The molecule has 0 amide bonds. The second-order valence-electron chi connectivity index (χ2n) is 5.97. The summed E-state index contributed by atoms with van der Waals surface area (Å²) in [4.78, 5) is 6.46. The highest BCUT2D eigenvalue weighted by molar-refractivity contribution is 5.79. The molecular formula is C19H28N4O2. The van der Waals surface area contributed by atoms with Crippen LogP contribution >= 0.6 is 0 Å². The molecule has 0 spiro atoms. The van der Waals surface area contributed by atoms with E-state index in [1.54, 1.807) is 20.4 Å². The van der Waals surface area contributed by atoms with Crippen molar-refractivity contribution < 1.29 is 9.15 Å². The summed E-state index contributed by atoms with van der Waals surface area (Å²) in [5.41, 5.74) is 1.20. The number of likely N-dealkylation sites (N-methyl/N-ethyl adjacent to an activating group) is 1. The number of guanidine groups is 1. The van der Waals surface area contributed by atoms with E-state index in [1.807, 2.05) is 24.3 Å². The van der Waals surface area contributed by atoms with Gasteiger partial charge >= 0.3 is 0 Å². The third kappa shape index (κ3) is 5.83. The fourth-order valence-corrected chi connectivity index (χ4v) is 2.62. The van der Waals surface area contributed by atoms with Crippen LogP contribution in [0.3, 0.4) is 0 Å². The second-order valence-corrected chi connectivity index (χ2v) is 5.97. The van der Waals surface area contributed by atoms with Crippen LogP contribution in [0.25, 0.3) is 0 Å². The molecule has 2 N–H and O–H groups in total. The number of nitrogens with zero attached hydrogens (tertiary/aromatic N) is 2. The lowest BCUT2D eigenvalue weighted by Crippen LogP contribution is -2.42. The minimum absolute atomic E-state index is 0.207. The maximum Gasteiger partial charge on any atom is 0.191 e. The van der Waals surface area contributed by atoms with Gasteiger partial charge in [0.1, 0.15) is 11.5 Å². The van der Waals surface area contributed by atoms with E-state index in [-0.39, 0.29) is 6.04 Å². The molecule has 0 bridgehead atoms. The molecule has 0 saturated carbocycles. The Bertz CT molecular complexity index is 653. The van der Waals surface area contributed by atoms with Gasteiger partial charge in [0.15, 0.2) is 5.96 Å². The van der Waals surface area contributed by atoms with Crippen molar-refractivity contribution in [1.82, 2.24) is 15.5 Å². The maximum absolute atomic E-state index is 5.34. The summed E-state index contributed by atoms with van der Waals surface area (Å²) in [6, 6.07) is 12.2. The first-order valence-corrected chi connectivity index (χ1v) is 8.41. The van der Waals surface area contributed by atoms with Gasteiger partial charge in [-0.25, -0.2) is 0 Å². The highest BCUT2D eigenvalue weighted by Gasteiger charge is 2.15. The molecule has 2 rings (SSSR count). The van der Waals surface area contributed by atoms with Gasteiger partial charge in [0, 0.05) is 26.6 Å². The molecule has 1 unspecified atom stereocenters. The van der Waals surface area contributed by atoms with Gasteiger partial charge < -0.3 is 24.7 Å². The van der Waals surface area contributed by atoms with Crippen LogP contribution in [0.15, 0.2) is 52.1 Å². The van der Waals surface area contributed by atoms with E-state index in [0.29, 0.717) is 0 Å². The summed E-state index contributed by atoms with van der Waals surface area (Å²) in [6.45, 7) is 1.50. The highest BCUT2D eigenvalue weighted by Crippen LogP contribution is 2.22. The summed E-state index contributed by atoms with van der Waals surface area (Å²) in [5, 5.41) is 6.70. The molecule has 0 radical (unpaired) electrons. The average molecular weight is 344 g/mol. The highest BCUT2D eigenvalue weighted by atomic mass is 16.5. The van der Waals surface area contributed by atoms with Crippen molar-refractivity contribution in [2.24, 2.45) is 4.99 Å². The quantitative estimate of drug-likeness (QED) is 0.568. The lowest BCUT2D eigenvalue weighted by Gasteiger charge is -2.26. The molecule has 0 saturated heterocycles. The van der Waals surface area contributed by atoms with Crippen molar-refractivity contribution >= 4 is 5.96 Å². The molecule has 25 heavy (non-hydrogen) atoms. The van der Waals surface area contributed by atoms with Gasteiger partial charge in [-0.3, -0.25) is 4.99 Å². The Kier molecular flexibility index (Phi) is 7.35. The van der Waals surface area contributed by atoms with Crippen molar-refractivity contribution in [3.63, 3.8) is 0 Å². The van der Waals surface area contributed by atoms with Crippen LogP contribution in [0.1, 0.15) is 17.4 Å². The van der Waals surface area contributed by atoms with Crippen LogP contribution in [0, 0.1) is 0 Å². The Morgan fingerprint density at radius 1 is 1.24 bits per heavy atom. The minimum Gasteiger partial charge on any atom is -0.497 e. The van der Waals surface area contributed by atoms with E-state index in [9.17, 15) is 0 Å². The fraction of sp³-hybridized carbons (Fsp3) is 0.421. The monoisotopic (exact) mass is 344 g/mol. The molecular weight excluding hydrogens is 316 g/mol. The van der Waals surface area contributed by atoms with Gasteiger partial charge in [0.2, 0.25) is 0 Å². The van der Waals surface area contributed by atoms with E-state index in [0.717, 1.165) is 37.0 Å². The van der Waals surface area contributed by atoms with Gasteiger partial charge in [-0.1, -0.05) is 12.1 Å². The maximum atomic E-state index is 5.34. The lowest BCUT2D eigenvalue weighted by atomic mass is 10.1. The summed E-state index contributed by atoms with van der Waals surface area (Å²) < 4.78 is 10.7. The fourth-order valence-electron chi connectivity index (χ4n) is 2.62. The van der Waals surface area contributed by atoms with Crippen LogP contribution in [-0.2, 0) is 6.42 Å². The van der Waals surface area contributed by atoms with Crippen LogP contribution in [0.5, 0.6) is 5.75 Å². The lowest BCUT2D eigenvalue weighted by molar-refractivity contribution is 0.297. The number of aliphatic imine (C=N–C) groups is 1. The van der Waals surface area contributed by atoms with Gasteiger partial charge in [0.05, 0.1) is 19.4 Å². The predicted octanol–water partition coefficient (Wildman–Crippen LogP) is 2.30. The van der Waals surface area contributed by atoms with Crippen molar-refractivity contribution in [1.29, 1.82) is 0 Å². The van der Waals surface area contributed by atoms with Gasteiger partial charge in [0.25, 0.3) is 0 Å². The van der Waals surface area contributed by atoms with Crippen molar-refractivity contribution in [3.05, 3.63) is 54.0 Å². The summed E-state index contributed by atoms with van der Waals surface area (Å²) in [6.07, 6.45) is 2.51. The third-order valence-electron chi connectivity index (χ3n) is 4.03. The van der Waals surface area contributed by atoms with E-state index < -0.39 is 0 Å². The van der Waals surface area contributed by atoms with E-state index in [4.69, 9.17) is 9.15 Å². The largest absolute Gasteiger partial charge is 0.497 e. The molecule has 1 aromatic heterocycles. The number of methoxy groups -OCH3 is 1. The van der Waals surface area contributed by atoms with E-state index >= 15 is 0 Å². The number of benzene rings is 1. The number of rotatable bonds is 8. The molecule has 0 aliphatic heterocycles. The van der Waals surface area contributed by atoms with Crippen LogP contribution in [0.4, 0.5) is 0 Å². The minimum atomic E-state index is 0.207. The first-order valence-electron chi connectivity index (χ1n) is 8.41. The summed E-state index contributed by atoms with van der Waals surface area (Å²) in [5.74, 6) is 2.61. The summed E-state index contributed by atoms with van der Waals surface area (Å²) >= 11 is 0. The second kappa shape index (κ2) is 9.74. The SMILES string of the molecule is CN=C(NCCc1ccco1)NCC(c1cccc(OC)c1)N(C)C. The molecule has 2 aromatic rings. The molecule has 136 valence electrons. The van der Waals surface area contributed by atoms with Gasteiger partial charge in [-0.15, -0.1) is 0 Å². The molecule has 0 aliphatic carbocycles. The number of furan rings is 1. The molecule has 1 aromatic carbocycles. The molecule has 1 heterocycles. The Hall–Kier alpha value is -2.47. The zero-order valence-electron chi connectivity index (χ0n) is 15.5. The average Bonchev–Trinajstić information content (AvgIpc) is 3.13. The number of hydrogen-bond donors (Lipinski definition) is 2. The predicted molar refractivity (Wildman–Crippen MR) is 101 cm³/mol. The van der Waals surface area contributed by atoms with E-state index in [2.05, 4.69) is 46.8 Å². The van der Waals surface area contributed by atoms with Gasteiger partial charge in [-0.2, -0.15) is 0 Å². The van der Waals surface area contributed by atoms with Crippen LogP contribution < -0.4 is 15.4 Å². The number of nitrogens with one attached hydrogen (secondary N) is 2. The molecule has 6 nitrogen and oxygen atoms in total. The standard InChI is InChI=1S/C19H28N4O2/c1-20-19(21-11-10-16-9-6-12-25-16)22-14-18(23(2)3)15-7-5-8-17(13-15)24-4/h5-9,12-13,18H,10-11,14H2,1-4H3,(H2,20,21,22). The number of ether oxygens (including phenoxy) is 1. The van der Waals surface area contributed by atoms with Gasteiger partial charge in [-0.05, 0) is 43.9 Å². The summed E-state index contributed by atoms with van der Waals surface area (Å²) in [7, 11) is 7.60. The normalized spacial score (nSPS) is 12.9. The molecule has 6 heteroatoms. The Labute approximate surface area is 149 Å². The van der Waals surface area contributed by atoms with Crippen LogP contribution in [0.2, 0.25) is 0 Å². The topological polar surface area (TPSA) is 62.0 Å². The Morgan fingerprint density at radius 3 is 2.72 bits per heavy atom. The molecule has 1 atom stereocenters. The van der Waals surface area contributed by atoms with Crippen molar-refractivity contribution in [3.8, 4) is 5.75 Å². The molecule has 0 aliphatic rings. The van der Waals surface area contributed by atoms with E-state index in [1.165, 1.54) is 5.56 Å². The first kappa shape index (κ1) is 18.9. The number of hydrogen-bond acceptors (Lipinski definition) is 4. The zero-order valence-corrected chi connectivity index (χ0v) is 15.5. The zero-order chi connectivity index (χ0) is 18.1. The smallest absolute Gasteiger partial charge is 0.191 e. The van der Waals surface area contributed by atoms with Crippen LogP contribution in [-0.4, -0.2) is 52.2 Å². The van der Waals surface area contributed by atoms with Crippen molar-refractivity contribution in [2.45, 2.75) is 12.5 Å². The third-order valence-corrected chi connectivity index (χ3v) is 4.03. The Balaban J connectivity index is 1.89. The molecule has 0 fully saturated rings. The first-order chi connectivity index (χ1) is 12.1.